The smallest absolute Gasteiger partial charge is 0.161 e. The zero-order chi connectivity index (χ0) is 14.7. The Morgan fingerprint density at radius 1 is 1.40 bits per heavy atom. The van der Waals surface area contributed by atoms with E-state index in [1.54, 1.807) is 18.2 Å². The van der Waals surface area contributed by atoms with E-state index in [4.69, 9.17) is 22.1 Å². The molecule has 0 aliphatic carbocycles. The molecular formula is C14H17BrClN3O. The van der Waals surface area contributed by atoms with Gasteiger partial charge in [-0.25, -0.2) is 0 Å². The van der Waals surface area contributed by atoms with Gasteiger partial charge in [-0.05, 0) is 41.4 Å². The number of aryl methyl sites for hydroxylation is 2. The summed E-state index contributed by atoms with van der Waals surface area (Å²) in [6.45, 7) is 5.28. The summed E-state index contributed by atoms with van der Waals surface area (Å²) in [6, 6.07) is 5.33. The number of nitrogen functional groups attached to an aromatic ring is 1. The predicted molar refractivity (Wildman–Crippen MR) is 85.2 cm³/mol. The van der Waals surface area contributed by atoms with Crippen LogP contribution in [0.25, 0.3) is 0 Å². The Bertz CT molecular complexity index is 592. The number of nitrogens with two attached hydrogens (primary N) is 1. The topological polar surface area (TPSA) is 53.1 Å². The lowest BCUT2D eigenvalue weighted by molar-refractivity contribution is 0.293. The first-order valence-corrected chi connectivity index (χ1v) is 7.66. The first-order chi connectivity index (χ1) is 9.58. The number of hydrogen-bond acceptors (Lipinski definition) is 3. The molecule has 1 aromatic carbocycles. The zero-order valence-corrected chi connectivity index (χ0v) is 13.8. The summed E-state index contributed by atoms with van der Waals surface area (Å²) < 4.78 is 8.71. The van der Waals surface area contributed by atoms with Crippen LogP contribution in [0.5, 0.6) is 5.75 Å². The highest BCUT2D eigenvalue weighted by molar-refractivity contribution is 9.10. The lowest BCUT2D eigenvalue weighted by atomic mass is 10.3. The van der Waals surface area contributed by atoms with Crippen LogP contribution in [0.3, 0.4) is 0 Å². The number of para-hydroxylation sites is 1. The number of nitrogens with zero attached hydrogens (tertiary/aromatic N) is 2. The normalized spacial score (nSPS) is 10.8. The van der Waals surface area contributed by atoms with E-state index < -0.39 is 0 Å². The third-order valence-electron chi connectivity index (χ3n) is 3.04. The summed E-state index contributed by atoms with van der Waals surface area (Å²) in [5.41, 5.74) is 8.43. The van der Waals surface area contributed by atoms with Crippen LogP contribution < -0.4 is 10.5 Å². The van der Waals surface area contributed by atoms with Crippen molar-refractivity contribution in [3.8, 4) is 5.75 Å². The molecule has 20 heavy (non-hydrogen) atoms. The Kier molecular flexibility index (Phi) is 4.94. The summed E-state index contributed by atoms with van der Waals surface area (Å²) in [7, 11) is 0. The van der Waals surface area contributed by atoms with Gasteiger partial charge in [0.1, 0.15) is 6.61 Å². The summed E-state index contributed by atoms with van der Waals surface area (Å²) in [5, 5.41) is 5.04. The Morgan fingerprint density at radius 3 is 2.75 bits per heavy atom. The molecule has 0 amide bonds. The fraction of sp³-hybridized carbons (Fsp3) is 0.357. The molecule has 4 nitrogen and oxygen atoms in total. The molecule has 108 valence electrons. The Hall–Kier alpha value is -1.20. The van der Waals surface area contributed by atoms with Gasteiger partial charge >= 0.3 is 0 Å². The van der Waals surface area contributed by atoms with Crippen LogP contribution in [0, 0.1) is 0 Å². The van der Waals surface area contributed by atoms with Crippen LogP contribution in [0.15, 0.2) is 22.7 Å². The van der Waals surface area contributed by atoms with E-state index in [9.17, 15) is 0 Å². The largest absolute Gasteiger partial charge is 0.484 e. The molecular weight excluding hydrogens is 342 g/mol. The summed E-state index contributed by atoms with van der Waals surface area (Å²) in [5.74, 6) is 0.517. The van der Waals surface area contributed by atoms with Gasteiger partial charge in [0.05, 0.1) is 26.6 Å². The number of hydrogen-bond donors (Lipinski definition) is 1. The van der Waals surface area contributed by atoms with Crippen LogP contribution in [0.4, 0.5) is 5.69 Å². The third kappa shape index (κ3) is 2.94. The first kappa shape index (κ1) is 15.2. The molecule has 0 bridgehead atoms. The van der Waals surface area contributed by atoms with Crippen LogP contribution in [0.2, 0.25) is 5.02 Å². The molecule has 0 saturated carbocycles. The van der Waals surface area contributed by atoms with E-state index in [-0.39, 0.29) is 0 Å². The minimum absolute atomic E-state index is 0.370. The number of rotatable bonds is 5. The molecule has 0 unspecified atom stereocenters. The van der Waals surface area contributed by atoms with Gasteiger partial charge in [0.25, 0.3) is 0 Å². The number of benzene rings is 1. The van der Waals surface area contributed by atoms with Gasteiger partial charge in [-0.15, -0.1) is 0 Å². The Balaban J connectivity index is 2.25. The molecule has 0 saturated heterocycles. The molecule has 1 heterocycles. The van der Waals surface area contributed by atoms with Crippen molar-refractivity contribution < 1.29 is 4.74 Å². The fourth-order valence-electron chi connectivity index (χ4n) is 1.97. The number of anilines is 1. The molecule has 0 radical (unpaired) electrons. The monoisotopic (exact) mass is 357 g/mol. The SMILES string of the molecule is CCc1nn(CC)c(COc2c(N)cccc2Cl)c1Br. The lowest BCUT2D eigenvalue weighted by Gasteiger charge is -2.11. The highest BCUT2D eigenvalue weighted by Crippen LogP contribution is 2.32. The number of aromatic nitrogens is 2. The molecule has 0 spiro atoms. The van der Waals surface area contributed by atoms with E-state index in [0.717, 1.165) is 28.8 Å². The minimum atomic E-state index is 0.370. The van der Waals surface area contributed by atoms with Crippen molar-refractivity contribution in [1.82, 2.24) is 9.78 Å². The highest BCUT2D eigenvalue weighted by Gasteiger charge is 2.15. The van der Waals surface area contributed by atoms with E-state index in [1.165, 1.54) is 0 Å². The van der Waals surface area contributed by atoms with Crippen LogP contribution in [-0.2, 0) is 19.6 Å². The molecule has 6 heteroatoms. The molecule has 2 rings (SSSR count). The first-order valence-electron chi connectivity index (χ1n) is 6.49. The van der Waals surface area contributed by atoms with Crippen molar-refractivity contribution in [3.05, 3.63) is 39.1 Å². The molecule has 0 atom stereocenters. The molecule has 0 aliphatic rings. The minimum Gasteiger partial charge on any atom is -0.484 e. The van der Waals surface area contributed by atoms with Crippen LogP contribution >= 0.6 is 27.5 Å². The van der Waals surface area contributed by atoms with Crippen LogP contribution in [0.1, 0.15) is 25.2 Å². The van der Waals surface area contributed by atoms with Crippen molar-refractivity contribution in [1.29, 1.82) is 0 Å². The van der Waals surface area contributed by atoms with Crippen molar-refractivity contribution >= 4 is 33.2 Å². The Morgan fingerprint density at radius 2 is 2.15 bits per heavy atom. The summed E-state index contributed by atoms with van der Waals surface area (Å²) in [4.78, 5) is 0. The molecule has 0 fully saturated rings. The molecule has 2 aromatic rings. The van der Waals surface area contributed by atoms with Crippen molar-refractivity contribution in [2.45, 2.75) is 33.4 Å². The van der Waals surface area contributed by atoms with Crippen molar-refractivity contribution in [3.63, 3.8) is 0 Å². The highest BCUT2D eigenvalue weighted by atomic mass is 79.9. The predicted octanol–water partition coefficient (Wildman–Crippen LogP) is 4.04. The second-order valence-corrected chi connectivity index (χ2v) is 5.52. The van der Waals surface area contributed by atoms with Gasteiger partial charge in [-0.1, -0.05) is 24.6 Å². The maximum absolute atomic E-state index is 6.10. The van der Waals surface area contributed by atoms with Gasteiger partial charge < -0.3 is 10.5 Å². The van der Waals surface area contributed by atoms with Crippen molar-refractivity contribution in [2.24, 2.45) is 0 Å². The number of ether oxygens (including phenoxy) is 1. The average Bonchev–Trinajstić information content (AvgIpc) is 2.74. The summed E-state index contributed by atoms with van der Waals surface area (Å²) >= 11 is 9.69. The third-order valence-corrected chi connectivity index (χ3v) is 4.26. The average molecular weight is 359 g/mol. The van der Waals surface area contributed by atoms with E-state index in [0.29, 0.717) is 23.1 Å². The maximum atomic E-state index is 6.10. The summed E-state index contributed by atoms with van der Waals surface area (Å²) in [6.07, 6.45) is 0.870. The fourth-order valence-corrected chi connectivity index (χ4v) is 2.89. The second kappa shape index (κ2) is 6.50. The molecule has 0 aliphatic heterocycles. The standard InChI is InChI=1S/C14H17BrClN3O/c1-3-11-13(15)12(19(4-2)18-11)8-20-14-9(16)6-5-7-10(14)17/h5-7H,3-4,8,17H2,1-2H3. The molecule has 2 N–H and O–H groups in total. The van der Waals surface area contributed by atoms with Gasteiger partial charge in [0.2, 0.25) is 0 Å². The molecule has 1 aromatic heterocycles. The van der Waals surface area contributed by atoms with Gasteiger partial charge in [-0.2, -0.15) is 5.10 Å². The van der Waals surface area contributed by atoms with Gasteiger partial charge in [0.15, 0.2) is 5.75 Å². The van der Waals surface area contributed by atoms with Gasteiger partial charge in [-0.3, -0.25) is 4.68 Å². The lowest BCUT2D eigenvalue weighted by Crippen LogP contribution is -2.07. The van der Waals surface area contributed by atoms with E-state index in [2.05, 4.69) is 28.0 Å². The van der Waals surface area contributed by atoms with Gasteiger partial charge in [0, 0.05) is 6.54 Å². The zero-order valence-electron chi connectivity index (χ0n) is 11.5. The quantitative estimate of drug-likeness (QED) is 0.821. The second-order valence-electron chi connectivity index (χ2n) is 4.32. The maximum Gasteiger partial charge on any atom is 0.161 e. The Labute approximate surface area is 132 Å². The van der Waals surface area contributed by atoms with Crippen LogP contribution in [-0.4, -0.2) is 9.78 Å². The van der Waals surface area contributed by atoms with E-state index >= 15 is 0 Å². The van der Waals surface area contributed by atoms with Crippen molar-refractivity contribution in [2.75, 3.05) is 5.73 Å². The van der Waals surface area contributed by atoms with E-state index in [1.807, 2.05) is 11.6 Å². The number of halogens is 2.